The largest absolute Gasteiger partial charge is 0.294 e. The Kier molecular flexibility index (Phi) is 4.29. The van der Waals surface area contributed by atoms with Gasteiger partial charge in [-0.2, -0.15) is 5.10 Å². The van der Waals surface area contributed by atoms with E-state index in [9.17, 15) is 4.79 Å². The van der Waals surface area contributed by atoms with Crippen molar-refractivity contribution < 1.29 is 4.79 Å². The van der Waals surface area contributed by atoms with Crippen molar-refractivity contribution in [1.29, 1.82) is 0 Å². The van der Waals surface area contributed by atoms with Gasteiger partial charge in [0.15, 0.2) is 5.78 Å². The number of fused-ring (bicyclic) bond motifs is 1. The summed E-state index contributed by atoms with van der Waals surface area (Å²) < 4.78 is 1.74. The normalized spacial score (nSPS) is 10.7. The third-order valence-corrected chi connectivity index (χ3v) is 3.04. The molecule has 2 rings (SSSR count). The monoisotopic (exact) mass is 242 g/mol. The molecule has 0 saturated carbocycles. The van der Waals surface area contributed by atoms with Crippen molar-refractivity contribution in [2.75, 3.05) is 0 Å². The summed E-state index contributed by atoms with van der Waals surface area (Å²) >= 11 is 0. The number of rotatable bonds is 7. The number of Topliss-reactive ketones (excluding diaryl/α,β-unsaturated/α-hetero) is 1. The second-order valence-electron chi connectivity index (χ2n) is 4.40. The lowest BCUT2D eigenvalue weighted by molar-refractivity contribution is 0.0981. The lowest BCUT2D eigenvalue weighted by Crippen LogP contribution is -1.98. The van der Waals surface area contributed by atoms with Crippen LogP contribution in [-0.2, 0) is 0 Å². The minimum absolute atomic E-state index is 0.190. The molecule has 0 unspecified atom stereocenters. The van der Waals surface area contributed by atoms with E-state index >= 15 is 0 Å². The van der Waals surface area contributed by atoms with Crippen molar-refractivity contribution in [2.24, 2.45) is 0 Å². The summed E-state index contributed by atoms with van der Waals surface area (Å²) in [7, 11) is 0. The zero-order valence-corrected chi connectivity index (χ0v) is 10.5. The highest BCUT2D eigenvalue weighted by Gasteiger charge is 2.11. The minimum atomic E-state index is 0.190. The maximum Gasteiger partial charge on any atom is 0.166 e. The summed E-state index contributed by atoms with van der Waals surface area (Å²) in [6.07, 6.45) is 10.2. The summed E-state index contributed by atoms with van der Waals surface area (Å²) in [4.78, 5) is 12.1. The van der Waals surface area contributed by atoms with Crippen molar-refractivity contribution in [3.63, 3.8) is 0 Å². The Bertz CT molecular complexity index is 542. The van der Waals surface area contributed by atoms with Gasteiger partial charge < -0.3 is 0 Å². The van der Waals surface area contributed by atoms with Crippen LogP contribution in [0, 0.1) is 0 Å². The van der Waals surface area contributed by atoms with Crippen LogP contribution in [0.5, 0.6) is 0 Å². The first-order valence-electron chi connectivity index (χ1n) is 6.39. The Morgan fingerprint density at radius 2 is 2.22 bits per heavy atom. The van der Waals surface area contributed by atoms with Crippen LogP contribution in [0.3, 0.4) is 0 Å². The molecule has 0 aliphatic heterocycles. The number of pyridine rings is 1. The maximum absolute atomic E-state index is 12.1. The maximum atomic E-state index is 12.1. The van der Waals surface area contributed by atoms with Crippen LogP contribution < -0.4 is 0 Å². The molecule has 0 atom stereocenters. The van der Waals surface area contributed by atoms with E-state index in [2.05, 4.69) is 11.7 Å². The van der Waals surface area contributed by atoms with Gasteiger partial charge in [-0.15, -0.1) is 6.58 Å². The highest BCUT2D eigenvalue weighted by molar-refractivity contribution is 6.02. The number of hydrogen-bond acceptors (Lipinski definition) is 2. The molecule has 18 heavy (non-hydrogen) atoms. The van der Waals surface area contributed by atoms with E-state index < -0.39 is 0 Å². The van der Waals surface area contributed by atoms with Gasteiger partial charge in [-0.3, -0.25) is 4.79 Å². The first-order chi connectivity index (χ1) is 8.83. The molecular formula is C15H18N2O. The average molecular weight is 242 g/mol. The van der Waals surface area contributed by atoms with Crippen LogP contribution in [0.2, 0.25) is 0 Å². The van der Waals surface area contributed by atoms with Crippen LogP contribution >= 0.6 is 0 Å². The zero-order chi connectivity index (χ0) is 12.8. The van der Waals surface area contributed by atoms with E-state index in [-0.39, 0.29) is 5.78 Å². The number of carbonyl (C=O) groups is 1. The van der Waals surface area contributed by atoms with Gasteiger partial charge in [0, 0.05) is 12.6 Å². The fourth-order valence-corrected chi connectivity index (χ4v) is 2.04. The van der Waals surface area contributed by atoms with E-state index in [4.69, 9.17) is 0 Å². The fourth-order valence-electron chi connectivity index (χ4n) is 2.04. The van der Waals surface area contributed by atoms with Crippen LogP contribution in [-0.4, -0.2) is 15.4 Å². The lowest BCUT2D eigenvalue weighted by atomic mass is 10.1. The topological polar surface area (TPSA) is 34.4 Å². The van der Waals surface area contributed by atoms with E-state index in [1.165, 1.54) is 0 Å². The molecule has 0 saturated heterocycles. The summed E-state index contributed by atoms with van der Waals surface area (Å²) in [5.41, 5.74) is 1.63. The standard InChI is InChI=1S/C15H18N2O/c1-2-3-4-5-6-10-15(18)13-12-16-17-11-8-7-9-14(13)17/h2,7-9,11-12H,1,3-6,10H2. The molecule has 3 nitrogen and oxygen atoms in total. The predicted octanol–water partition coefficient (Wildman–Crippen LogP) is 3.65. The molecule has 0 bridgehead atoms. The molecule has 0 N–H and O–H groups in total. The predicted molar refractivity (Wildman–Crippen MR) is 72.8 cm³/mol. The van der Waals surface area contributed by atoms with E-state index in [0.29, 0.717) is 6.42 Å². The summed E-state index contributed by atoms with van der Waals surface area (Å²) in [5, 5.41) is 4.18. The highest BCUT2D eigenvalue weighted by atomic mass is 16.1. The number of nitrogens with zero attached hydrogens (tertiary/aromatic N) is 2. The van der Waals surface area contributed by atoms with Crippen molar-refractivity contribution >= 4 is 11.3 Å². The van der Waals surface area contributed by atoms with Gasteiger partial charge >= 0.3 is 0 Å². The van der Waals surface area contributed by atoms with Gasteiger partial charge in [0.1, 0.15) is 0 Å². The zero-order valence-electron chi connectivity index (χ0n) is 10.5. The Hall–Kier alpha value is -1.90. The number of hydrogen-bond donors (Lipinski definition) is 0. The molecule has 0 aliphatic carbocycles. The number of unbranched alkanes of at least 4 members (excludes halogenated alkanes) is 3. The van der Waals surface area contributed by atoms with E-state index in [1.54, 1.807) is 10.7 Å². The molecule has 0 aliphatic rings. The fraction of sp³-hybridized carbons (Fsp3) is 0.333. The second kappa shape index (κ2) is 6.15. The number of allylic oxidation sites excluding steroid dienone is 1. The quantitative estimate of drug-likeness (QED) is 0.422. The van der Waals surface area contributed by atoms with Crippen molar-refractivity contribution in [1.82, 2.24) is 9.61 Å². The summed E-state index contributed by atoms with van der Waals surface area (Å²) in [6.45, 7) is 3.69. The molecule has 0 spiro atoms. The smallest absolute Gasteiger partial charge is 0.166 e. The lowest BCUT2D eigenvalue weighted by Gasteiger charge is -1.99. The molecular weight excluding hydrogens is 224 g/mol. The van der Waals surface area contributed by atoms with Gasteiger partial charge in [-0.05, 0) is 31.4 Å². The Labute approximate surface area is 107 Å². The third kappa shape index (κ3) is 2.86. The van der Waals surface area contributed by atoms with Gasteiger partial charge in [-0.25, -0.2) is 4.52 Å². The Morgan fingerprint density at radius 3 is 3.06 bits per heavy atom. The van der Waals surface area contributed by atoms with Gasteiger partial charge in [-0.1, -0.05) is 18.6 Å². The minimum Gasteiger partial charge on any atom is -0.294 e. The van der Waals surface area contributed by atoms with Gasteiger partial charge in [0.25, 0.3) is 0 Å². The molecule has 94 valence electrons. The molecule has 2 heterocycles. The van der Waals surface area contributed by atoms with Crippen molar-refractivity contribution in [2.45, 2.75) is 32.1 Å². The molecule has 2 aromatic heterocycles. The first-order valence-corrected chi connectivity index (χ1v) is 6.39. The van der Waals surface area contributed by atoms with Crippen LogP contribution in [0.1, 0.15) is 42.5 Å². The van der Waals surface area contributed by atoms with E-state index in [0.717, 1.165) is 36.8 Å². The Balaban J connectivity index is 1.94. The van der Waals surface area contributed by atoms with Gasteiger partial charge in [0.2, 0.25) is 0 Å². The highest BCUT2D eigenvalue weighted by Crippen LogP contribution is 2.14. The Morgan fingerprint density at radius 1 is 1.33 bits per heavy atom. The van der Waals surface area contributed by atoms with Crippen LogP contribution in [0.15, 0.2) is 43.2 Å². The molecule has 0 amide bonds. The number of aromatic nitrogens is 2. The molecule has 3 heteroatoms. The second-order valence-corrected chi connectivity index (χ2v) is 4.40. The molecule has 0 radical (unpaired) electrons. The third-order valence-electron chi connectivity index (χ3n) is 3.04. The van der Waals surface area contributed by atoms with Gasteiger partial charge in [0.05, 0.1) is 17.3 Å². The van der Waals surface area contributed by atoms with Crippen LogP contribution in [0.25, 0.3) is 5.52 Å². The number of carbonyl (C=O) groups excluding carboxylic acids is 1. The van der Waals surface area contributed by atoms with E-state index in [1.807, 2.05) is 30.5 Å². The summed E-state index contributed by atoms with van der Waals surface area (Å²) in [6, 6.07) is 5.76. The SMILES string of the molecule is C=CCCCCCC(=O)c1cnn2ccccc12. The van der Waals surface area contributed by atoms with Crippen LogP contribution in [0.4, 0.5) is 0 Å². The first kappa shape index (κ1) is 12.6. The average Bonchev–Trinajstić information content (AvgIpc) is 2.82. The molecule has 2 aromatic rings. The molecule has 0 aromatic carbocycles. The molecule has 0 fully saturated rings. The van der Waals surface area contributed by atoms with Crippen molar-refractivity contribution in [3.8, 4) is 0 Å². The summed E-state index contributed by atoms with van der Waals surface area (Å²) in [5.74, 6) is 0.190. The van der Waals surface area contributed by atoms with Crippen molar-refractivity contribution in [3.05, 3.63) is 48.8 Å². The number of ketones is 1.